The van der Waals surface area contributed by atoms with Gasteiger partial charge < -0.3 is 15.4 Å². The van der Waals surface area contributed by atoms with Gasteiger partial charge in [-0.05, 0) is 43.3 Å². The third-order valence-electron chi connectivity index (χ3n) is 3.23. The summed E-state index contributed by atoms with van der Waals surface area (Å²) < 4.78 is 5.55. The van der Waals surface area contributed by atoms with Gasteiger partial charge in [0.25, 0.3) is 11.8 Å². The quantitative estimate of drug-likeness (QED) is 0.846. The Bertz CT molecular complexity index is 748. The van der Waals surface area contributed by atoms with Gasteiger partial charge in [0.05, 0.1) is 5.02 Å². The van der Waals surface area contributed by atoms with Crippen molar-refractivity contribution in [2.45, 2.75) is 13.0 Å². The predicted molar refractivity (Wildman–Crippen MR) is 95.0 cm³/mol. The number of hydrogen-bond donors (Lipinski definition) is 2. The van der Waals surface area contributed by atoms with Gasteiger partial charge in [-0.15, -0.1) is 0 Å². The van der Waals surface area contributed by atoms with E-state index >= 15 is 0 Å². The lowest BCUT2D eigenvalue weighted by Gasteiger charge is -2.16. The van der Waals surface area contributed by atoms with E-state index < -0.39 is 6.10 Å². The van der Waals surface area contributed by atoms with Crippen LogP contribution in [0.1, 0.15) is 17.3 Å². The van der Waals surface area contributed by atoms with E-state index in [1.165, 1.54) is 0 Å². The molecule has 0 saturated carbocycles. The number of carbonyl (C=O) groups excluding carboxylic acids is 2. The summed E-state index contributed by atoms with van der Waals surface area (Å²) in [6.45, 7) is 1.60. The summed E-state index contributed by atoms with van der Waals surface area (Å²) in [5, 5.41) is 5.85. The van der Waals surface area contributed by atoms with Gasteiger partial charge in [-0.2, -0.15) is 0 Å². The zero-order valence-electron chi connectivity index (χ0n) is 13.1. The first kappa shape index (κ1) is 18.1. The van der Waals surface area contributed by atoms with Crippen LogP contribution in [0, 0.1) is 0 Å². The maximum Gasteiger partial charge on any atom is 0.265 e. The monoisotopic (exact) mass is 366 g/mol. The van der Waals surface area contributed by atoms with E-state index in [2.05, 4.69) is 10.6 Å². The maximum absolute atomic E-state index is 12.2. The van der Waals surface area contributed by atoms with Gasteiger partial charge in [-0.25, -0.2) is 0 Å². The first-order valence-corrected chi connectivity index (χ1v) is 7.91. The van der Waals surface area contributed by atoms with Crippen molar-refractivity contribution in [3.63, 3.8) is 0 Å². The highest BCUT2D eigenvalue weighted by atomic mass is 35.5. The molecule has 0 radical (unpaired) electrons. The second kappa shape index (κ2) is 8.04. The fourth-order valence-electron chi connectivity index (χ4n) is 1.91. The molecule has 0 heterocycles. The molecule has 1 unspecified atom stereocenters. The number of hydrogen-bond acceptors (Lipinski definition) is 3. The zero-order valence-corrected chi connectivity index (χ0v) is 14.6. The fourth-order valence-corrected chi connectivity index (χ4v) is 2.25. The highest BCUT2D eigenvalue weighted by Gasteiger charge is 2.17. The normalized spacial score (nSPS) is 11.5. The third kappa shape index (κ3) is 4.40. The van der Waals surface area contributed by atoms with E-state index in [-0.39, 0.29) is 16.8 Å². The Balaban J connectivity index is 2.01. The number of nitrogens with one attached hydrogen (secondary N) is 2. The highest BCUT2D eigenvalue weighted by Crippen LogP contribution is 2.32. The SMILES string of the molecule is CNC(=O)c1ccc(NC(=O)C(C)Oc2cccc(Cl)c2Cl)cc1. The van der Waals surface area contributed by atoms with Crippen molar-refractivity contribution in [1.82, 2.24) is 5.32 Å². The lowest BCUT2D eigenvalue weighted by Crippen LogP contribution is -2.30. The van der Waals surface area contributed by atoms with Crippen molar-refractivity contribution in [3.05, 3.63) is 58.1 Å². The minimum atomic E-state index is -0.778. The molecule has 0 aromatic heterocycles. The molecule has 0 aliphatic carbocycles. The molecule has 1 atom stereocenters. The van der Waals surface area contributed by atoms with E-state index in [1.807, 2.05) is 0 Å². The van der Waals surface area contributed by atoms with Gasteiger partial charge in [-0.1, -0.05) is 29.3 Å². The van der Waals surface area contributed by atoms with Crippen LogP contribution >= 0.6 is 23.2 Å². The van der Waals surface area contributed by atoms with Crippen LogP contribution in [0.5, 0.6) is 5.75 Å². The molecule has 2 aromatic carbocycles. The Morgan fingerprint density at radius 3 is 2.38 bits per heavy atom. The van der Waals surface area contributed by atoms with Crippen LogP contribution in [-0.4, -0.2) is 25.0 Å². The molecule has 2 rings (SSSR count). The summed E-state index contributed by atoms with van der Waals surface area (Å²) in [5.41, 5.74) is 1.06. The highest BCUT2D eigenvalue weighted by molar-refractivity contribution is 6.42. The number of carbonyl (C=O) groups is 2. The molecule has 24 heavy (non-hydrogen) atoms. The smallest absolute Gasteiger partial charge is 0.265 e. The van der Waals surface area contributed by atoms with Gasteiger partial charge in [-0.3, -0.25) is 9.59 Å². The average molecular weight is 367 g/mol. The summed E-state index contributed by atoms with van der Waals surface area (Å²) in [5.74, 6) is -0.208. The summed E-state index contributed by atoms with van der Waals surface area (Å²) in [7, 11) is 1.55. The van der Waals surface area contributed by atoms with Crippen molar-refractivity contribution in [2.24, 2.45) is 0 Å². The molecule has 0 fully saturated rings. The molecular weight excluding hydrogens is 351 g/mol. The van der Waals surface area contributed by atoms with Crippen molar-refractivity contribution >= 4 is 40.7 Å². The van der Waals surface area contributed by atoms with Gasteiger partial charge in [0.1, 0.15) is 10.8 Å². The van der Waals surface area contributed by atoms with E-state index in [0.29, 0.717) is 22.0 Å². The van der Waals surface area contributed by atoms with Crippen molar-refractivity contribution < 1.29 is 14.3 Å². The topological polar surface area (TPSA) is 67.4 Å². The molecule has 0 aliphatic heterocycles. The van der Waals surface area contributed by atoms with E-state index in [0.717, 1.165) is 0 Å². The molecule has 0 bridgehead atoms. The Morgan fingerprint density at radius 2 is 1.75 bits per heavy atom. The first-order chi connectivity index (χ1) is 11.4. The molecule has 0 aliphatic rings. The van der Waals surface area contributed by atoms with Crippen molar-refractivity contribution in [2.75, 3.05) is 12.4 Å². The van der Waals surface area contributed by atoms with Crippen LogP contribution in [-0.2, 0) is 4.79 Å². The number of anilines is 1. The minimum Gasteiger partial charge on any atom is -0.479 e. The van der Waals surface area contributed by atoms with E-state index in [1.54, 1.807) is 56.4 Å². The number of benzene rings is 2. The molecule has 2 amide bonds. The first-order valence-electron chi connectivity index (χ1n) is 7.16. The molecule has 7 heteroatoms. The summed E-state index contributed by atoms with van der Waals surface area (Å²) in [6, 6.07) is 11.5. The Kier molecular flexibility index (Phi) is 6.06. The van der Waals surface area contributed by atoms with Crippen LogP contribution in [0.3, 0.4) is 0 Å². The minimum absolute atomic E-state index is 0.194. The average Bonchev–Trinajstić information content (AvgIpc) is 2.58. The van der Waals surface area contributed by atoms with E-state index in [4.69, 9.17) is 27.9 Å². The summed E-state index contributed by atoms with van der Waals surface area (Å²) in [4.78, 5) is 23.7. The van der Waals surface area contributed by atoms with Gasteiger partial charge >= 0.3 is 0 Å². The molecular formula is C17H16Cl2N2O3. The largest absolute Gasteiger partial charge is 0.479 e. The standard InChI is InChI=1S/C17H16Cl2N2O3/c1-10(24-14-5-3-4-13(18)15(14)19)16(22)21-12-8-6-11(7-9-12)17(23)20-2/h3-10H,1-2H3,(H,20,23)(H,21,22). The molecule has 0 spiro atoms. The van der Waals surface area contributed by atoms with Crippen LogP contribution in [0.4, 0.5) is 5.69 Å². The fraction of sp³-hybridized carbons (Fsp3) is 0.176. The lowest BCUT2D eigenvalue weighted by molar-refractivity contribution is -0.122. The van der Waals surface area contributed by atoms with Crippen LogP contribution in [0.25, 0.3) is 0 Å². The maximum atomic E-state index is 12.2. The molecule has 2 aromatic rings. The van der Waals surface area contributed by atoms with Crippen LogP contribution < -0.4 is 15.4 Å². The van der Waals surface area contributed by atoms with Gasteiger partial charge in [0.2, 0.25) is 0 Å². The zero-order chi connectivity index (χ0) is 17.7. The lowest BCUT2D eigenvalue weighted by atomic mass is 10.2. The summed E-state index contributed by atoms with van der Waals surface area (Å²) in [6.07, 6.45) is -0.778. The summed E-state index contributed by atoms with van der Waals surface area (Å²) >= 11 is 12.0. The van der Waals surface area contributed by atoms with Gasteiger partial charge in [0, 0.05) is 18.3 Å². The number of amides is 2. The second-order valence-corrected chi connectivity index (χ2v) is 5.74. The second-order valence-electron chi connectivity index (χ2n) is 4.96. The molecule has 0 saturated heterocycles. The number of halogens is 2. The molecule has 2 N–H and O–H groups in total. The Labute approximate surface area is 149 Å². The van der Waals surface area contributed by atoms with E-state index in [9.17, 15) is 9.59 Å². The third-order valence-corrected chi connectivity index (χ3v) is 4.03. The van der Waals surface area contributed by atoms with Crippen LogP contribution in [0.2, 0.25) is 10.0 Å². The van der Waals surface area contributed by atoms with Crippen LogP contribution in [0.15, 0.2) is 42.5 Å². The van der Waals surface area contributed by atoms with Crippen molar-refractivity contribution in [3.8, 4) is 5.75 Å². The Hall–Kier alpha value is -2.24. The predicted octanol–water partition coefficient (Wildman–Crippen LogP) is 3.76. The molecule has 126 valence electrons. The number of ether oxygens (including phenoxy) is 1. The molecule has 5 nitrogen and oxygen atoms in total. The number of rotatable bonds is 5. The Morgan fingerprint density at radius 1 is 1.08 bits per heavy atom. The van der Waals surface area contributed by atoms with Crippen molar-refractivity contribution in [1.29, 1.82) is 0 Å². The van der Waals surface area contributed by atoms with Gasteiger partial charge in [0.15, 0.2) is 6.10 Å².